The third-order valence-electron chi connectivity index (χ3n) is 28.1. The number of hydrogen-bond acceptors (Lipinski definition) is 9. The minimum Gasteiger partial charge on any atom is -0.264 e. The molecule has 0 saturated carbocycles. The number of pyridine rings is 3. The van der Waals surface area contributed by atoms with Crippen LogP contribution in [0, 0.1) is 0 Å². The summed E-state index contributed by atoms with van der Waals surface area (Å²) < 4.78 is 0. The summed E-state index contributed by atoms with van der Waals surface area (Å²) >= 11 is 0. The second-order valence-corrected chi connectivity index (χ2v) is 37.6. The van der Waals surface area contributed by atoms with Crippen LogP contribution in [-0.4, -0.2) is 44.9 Å². The Morgan fingerprint density at radius 3 is 0.873 bits per heavy atom. The molecule has 21 aromatic carbocycles. The molecule has 0 amide bonds. The molecule has 0 spiro atoms. The van der Waals surface area contributed by atoms with E-state index in [0.717, 1.165) is 162 Å². The molecule has 9 nitrogen and oxygen atoms in total. The zero-order chi connectivity index (χ0) is 99.8. The zero-order valence-corrected chi connectivity index (χ0v) is 81.7. The minimum absolute atomic E-state index is 0.689. The molecule has 150 heavy (non-hydrogen) atoms. The van der Waals surface area contributed by atoms with Gasteiger partial charge in [-0.3, -0.25) is 15.0 Å². The van der Waals surface area contributed by atoms with E-state index >= 15 is 0 Å². The molecule has 0 N–H and O–H groups in total. The van der Waals surface area contributed by atoms with Crippen molar-refractivity contribution in [3.05, 3.63) is 565 Å². The van der Waals surface area contributed by atoms with E-state index in [1.807, 2.05) is 67.3 Å². The SMILES string of the molecule is c1ccc(-c2ccc(-c3cc(-c4ccc(-c5cnc6ccccc6c5)cc4)nc(-c4ccc(-c5cccc6ccccc56)cc4)n3)cc2)cc1.c1ccc(-c2ccc(-c3cc(-c4ccc(-c5cncc6ccccc56)cc4)nc(-c4cccc(-c5ccc6ccccc6c5)c4)n3)cc2)cc1.c1cncc(-c2ccc(-c3cc(-c4cccc(-c5ccc6ccccc6c5)c4)nc(-c4ccc(-c5ccc6ccccc6c5)cc4)n3)cc2)c1. The number of rotatable bonds is 18. The first kappa shape index (κ1) is 91.1. The van der Waals surface area contributed by atoms with Crippen LogP contribution in [0.15, 0.2) is 565 Å². The van der Waals surface area contributed by atoms with Crippen molar-refractivity contribution < 1.29 is 0 Å². The Morgan fingerprint density at radius 1 is 0.120 bits per heavy atom. The molecule has 702 valence electrons. The Labute approximate surface area is 870 Å². The van der Waals surface area contributed by atoms with Gasteiger partial charge in [-0.25, -0.2) is 29.9 Å². The number of hydrogen-bond donors (Lipinski definition) is 0. The molecule has 0 aliphatic rings. The van der Waals surface area contributed by atoms with Gasteiger partial charge >= 0.3 is 0 Å². The normalized spacial score (nSPS) is 11.2. The summed E-state index contributed by atoms with van der Waals surface area (Å²) in [5.41, 5.74) is 36.1. The summed E-state index contributed by atoms with van der Waals surface area (Å²) in [4.78, 5) is 44.4. The Bertz CT molecular complexity index is 9610. The van der Waals surface area contributed by atoms with Gasteiger partial charge in [-0.1, -0.05) is 467 Å². The smallest absolute Gasteiger partial charge is 0.160 e. The number of para-hydroxylation sites is 1. The summed E-state index contributed by atoms with van der Waals surface area (Å²) in [7, 11) is 0. The van der Waals surface area contributed by atoms with Gasteiger partial charge in [0.2, 0.25) is 0 Å². The second-order valence-electron chi connectivity index (χ2n) is 37.6. The summed E-state index contributed by atoms with van der Waals surface area (Å²) in [6.07, 6.45) is 9.49. The predicted molar refractivity (Wildman–Crippen MR) is 622 cm³/mol. The van der Waals surface area contributed by atoms with Crippen LogP contribution in [0.25, 0.3) is 267 Å². The van der Waals surface area contributed by atoms with Crippen molar-refractivity contribution >= 4 is 64.8 Å². The van der Waals surface area contributed by atoms with E-state index in [9.17, 15) is 0 Å². The summed E-state index contributed by atoms with van der Waals surface area (Å²) in [5, 5.41) is 13.3. The maximum absolute atomic E-state index is 5.18. The molecule has 0 fully saturated rings. The molecule has 9 heteroatoms. The van der Waals surface area contributed by atoms with Gasteiger partial charge in [0.25, 0.3) is 0 Å². The Balaban J connectivity index is 0.000000116. The molecule has 0 aliphatic carbocycles. The molecule has 27 aromatic rings. The third kappa shape index (κ3) is 19.6. The fraction of sp³-hybridized carbons (Fsp3) is 0. The number of benzene rings is 21. The average Bonchev–Trinajstić information content (AvgIpc) is 0.787. The zero-order valence-electron chi connectivity index (χ0n) is 81.7. The quantitative estimate of drug-likeness (QED) is 0.0828. The molecule has 0 atom stereocenters. The molecule has 6 heterocycles. The Hall–Kier alpha value is -20.1. The fourth-order valence-corrected chi connectivity index (χ4v) is 20.0. The standard InChI is InChI=1S/3C47H31N3/c1-3-9-38-27-41(24-18-32(38)7-1)34-16-22-37(23-17-34)47-49-45(36-20-14-35(15-21-36)44-13-6-26-48-31-44)30-46(50-47)43-12-5-11-40(29-43)42-25-19-33-8-2-4-10-39(33)28-42;1-2-9-32(10-3-1)33-17-23-37(24-18-33)45-30-46(38-25-19-34(20-26-38)41-29-40-12-5-7-16-44(40)48-31-41)50-47(49-45)39-27-21-36(22-28-39)43-15-8-13-35-11-4-6-14-42(35)43;1-2-9-32(10-3-1)34-17-22-36(23-18-34)45-29-46(37-24-20-35(21-25-37)44-31-48-30-42-13-6-7-16-43(42)44)50-47(49-45)41-15-8-14-39(28-41)40-26-19-33-11-4-5-12-38(33)27-40/h3*1-31H. The summed E-state index contributed by atoms with van der Waals surface area (Å²) in [6, 6.07) is 188. The molecule has 6 aromatic heterocycles. The van der Waals surface area contributed by atoms with Gasteiger partial charge in [0.05, 0.1) is 39.7 Å². The van der Waals surface area contributed by atoms with E-state index in [0.29, 0.717) is 17.5 Å². The van der Waals surface area contributed by atoms with Crippen molar-refractivity contribution in [3.63, 3.8) is 0 Å². The average molecular weight is 1910 g/mol. The van der Waals surface area contributed by atoms with Crippen LogP contribution >= 0.6 is 0 Å². The highest BCUT2D eigenvalue weighted by Gasteiger charge is 2.20. The van der Waals surface area contributed by atoms with Crippen molar-refractivity contribution in [2.75, 3.05) is 0 Å². The highest BCUT2D eigenvalue weighted by molar-refractivity contribution is 5.99. The van der Waals surface area contributed by atoms with Crippen molar-refractivity contribution in [1.82, 2.24) is 44.9 Å². The molecular weight excluding hydrogens is 1820 g/mol. The van der Waals surface area contributed by atoms with Crippen molar-refractivity contribution in [1.29, 1.82) is 0 Å². The van der Waals surface area contributed by atoms with Gasteiger partial charge in [0, 0.05) is 103 Å². The van der Waals surface area contributed by atoms with E-state index in [-0.39, 0.29) is 0 Å². The van der Waals surface area contributed by atoms with Gasteiger partial charge in [-0.05, 0) is 204 Å². The highest BCUT2D eigenvalue weighted by Crippen LogP contribution is 2.42. The maximum atomic E-state index is 5.18. The van der Waals surface area contributed by atoms with E-state index < -0.39 is 0 Å². The maximum Gasteiger partial charge on any atom is 0.160 e. The lowest BCUT2D eigenvalue weighted by atomic mass is 9.97. The molecule has 27 rings (SSSR count). The van der Waals surface area contributed by atoms with E-state index in [4.69, 9.17) is 29.9 Å². The van der Waals surface area contributed by atoms with Crippen molar-refractivity contribution in [3.8, 4) is 202 Å². The second kappa shape index (κ2) is 41.3. The Kier molecular flexibility index (Phi) is 25.1. The predicted octanol–water partition coefficient (Wildman–Crippen LogP) is 36.5. The third-order valence-corrected chi connectivity index (χ3v) is 28.1. The lowest BCUT2D eigenvalue weighted by molar-refractivity contribution is 1.18. The largest absolute Gasteiger partial charge is 0.264 e. The lowest BCUT2D eigenvalue weighted by Crippen LogP contribution is -1.96. The minimum atomic E-state index is 0.689. The van der Waals surface area contributed by atoms with Gasteiger partial charge < -0.3 is 0 Å². The summed E-state index contributed by atoms with van der Waals surface area (Å²) in [5.74, 6) is 2.07. The van der Waals surface area contributed by atoms with Crippen LogP contribution in [-0.2, 0) is 0 Å². The molecule has 0 aliphatic heterocycles. The van der Waals surface area contributed by atoms with Gasteiger partial charge in [0.15, 0.2) is 17.5 Å². The van der Waals surface area contributed by atoms with Crippen LogP contribution in [0.3, 0.4) is 0 Å². The Morgan fingerprint density at radius 2 is 0.407 bits per heavy atom. The van der Waals surface area contributed by atoms with Crippen molar-refractivity contribution in [2.45, 2.75) is 0 Å². The van der Waals surface area contributed by atoms with Gasteiger partial charge in [-0.15, -0.1) is 0 Å². The molecular formula is C141H93N9. The van der Waals surface area contributed by atoms with Gasteiger partial charge in [-0.2, -0.15) is 0 Å². The van der Waals surface area contributed by atoms with Crippen LogP contribution in [0.5, 0.6) is 0 Å². The fourth-order valence-electron chi connectivity index (χ4n) is 20.0. The van der Waals surface area contributed by atoms with Crippen LogP contribution in [0.1, 0.15) is 0 Å². The number of fused-ring (bicyclic) bond motifs is 6. The monoisotopic (exact) mass is 1910 g/mol. The van der Waals surface area contributed by atoms with E-state index in [1.165, 1.54) is 87.4 Å². The topological polar surface area (TPSA) is 116 Å². The highest BCUT2D eigenvalue weighted by atomic mass is 14.9. The first-order chi connectivity index (χ1) is 74.2. The number of nitrogens with zero attached hydrogens (tertiary/aromatic N) is 9. The van der Waals surface area contributed by atoms with Crippen LogP contribution in [0.2, 0.25) is 0 Å². The molecule has 0 radical (unpaired) electrons. The van der Waals surface area contributed by atoms with E-state index in [1.54, 1.807) is 6.20 Å². The molecule has 0 unspecified atom stereocenters. The summed E-state index contributed by atoms with van der Waals surface area (Å²) in [6.45, 7) is 0. The number of aromatic nitrogens is 9. The van der Waals surface area contributed by atoms with Crippen molar-refractivity contribution in [2.24, 2.45) is 0 Å². The van der Waals surface area contributed by atoms with E-state index in [2.05, 4.69) is 506 Å². The van der Waals surface area contributed by atoms with Gasteiger partial charge in [0.1, 0.15) is 0 Å². The first-order valence-corrected chi connectivity index (χ1v) is 50.5. The lowest BCUT2D eigenvalue weighted by Gasteiger charge is -2.12. The van der Waals surface area contributed by atoms with Crippen LogP contribution < -0.4 is 0 Å². The molecule has 0 bridgehead atoms. The van der Waals surface area contributed by atoms with Crippen LogP contribution in [0.4, 0.5) is 0 Å². The molecule has 0 saturated heterocycles. The first-order valence-electron chi connectivity index (χ1n) is 50.5.